The van der Waals surface area contributed by atoms with Crippen molar-refractivity contribution in [1.29, 1.82) is 0 Å². The summed E-state index contributed by atoms with van der Waals surface area (Å²) < 4.78 is 5.96. The first-order valence-electron chi connectivity index (χ1n) is 14.8. The number of hydrogen-bond acceptors (Lipinski definition) is 4. The van der Waals surface area contributed by atoms with E-state index >= 15 is 0 Å². The number of anilines is 2. The molecule has 0 radical (unpaired) electrons. The SMILES string of the molecule is CCCCCN(C(C)=O)c1ccc(NC(=O)[C@@H]2Cc3ccccc3CN2C(=O)c2cccc(Oc3ccccc3)c2)cc1. The first-order chi connectivity index (χ1) is 20.9. The number of fused-ring (bicyclic) bond motifs is 1. The van der Waals surface area contributed by atoms with E-state index < -0.39 is 6.04 Å². The van der Waals surface area contributed by atoms with E-state index in [2.05, 4.69) is 12.2 Å². The molecule has 1 aliphatic heterocycles. The van der Waals surface area contributed by atoms with Crippen molar-refractivity contribution in [2.45, 2.75) is 52.1 Å². The van der Waals surface area contributed by atoms with E-state index in [0.29, 0.717) is 42.3 Å². The monoisotopic (exact) mass is 575 g/mol. The van der Waals surface area contributed by atoms with Gasteiger partial charge in [-0.15, -0.1) is 0 Å². The number of para-hydroxylation sites is 1. The van der Waals surface area contributed by atoms with Crippen molar-refractivity contribution in [3.63, 3.8) is 0 Å². The van der Waals surface area contributed by atoms with Crippen molar-refractivity contribution in [3.8, 4) is 11.5 Å². The van der Waals surface area contributed by atoms with Crippen LogP contribution in [0, 0.1) is 0 Å². The summed E-state index contributed by atoms with van der Waals surface area (Å²) in [4.78, 5) is 43.3. The van der Waals surface area contributed by atoms with Crippen LogP contribution in [0.15, 0.2) is 103 Å². The molecule has 1 N–H and O–H groups in total. The van der Waals surface area contributed by atoms with Crippen LogP contribution in [0.4, 0.5) is 11.4 Å². The van der Waals surface area contributed by atoms with Gasteiger partial charge >= 0.3 is 0 Å². The highest BCUT2D eigenvalue weighted by Crippen LogP contribution is 2.28. The molecule has 0 aliphatic carbocycles. The third-order valence-corrected chi connectivity index (χ3v) is 7.68. The van der Waals surface area contributed by atoms with Crippen molar-refractivity contribution in [3.05, 3.63) is 120 Å². The summed E-state index contributed by atoms with van der Waals surface area (Å²) in [5.41, 5.74) is 3.92. The molecule has 0 saturated carbocycles. The maximum atomic E-state index is 13.9. The number of nitrogens with one attached hydrogen (secondary N) is 1. The van der Waals surface area contributed by atoms with Crippen molar-refractivity contribution in [2.75, 3.05) is 16.8 Å². The molecule has 0 bridgehead atoms. The largest absolute Gasteiger partial charge is 0.457 e. The molecular weight excluding hydrogens is 538 g/mol. The Labute approximate surface area is 253 Å². The summed E-state index contributed by atoms with van der Waals surface area (Å²) in [6.07, 6.45) is 3.47. The first kappa shape index (κ1) is 29.6. The highest BCUT2D eigenvalue weighted by Gasteiger charge is 2.35. The van der Waals surface area contributed by atoms with E-state index in [0.717, 1.165) is 36.1 Å². The van der Waals surface area contributed by atoms with Crippen molar-refractivity contribution in [1.82, 2.24) is 4.90 Å². The first-order valence-corrected chi connectivity index (χ1v) is 14.8. The summed E-state index contributed by atoms with van der Waals surface area (Å²) in [5, 5.41) is 3.01. The molecule has 5 rings (SSSR count). The normalized spacial score (nSPS) is 14.0. The summed E-state index contributed by atoms with van der Waals surface area (Å²) in [6.45, 7) is 4.68. The van der Waals surface area contributed by atoms with Crippen LogP contribution in [0.3, 0.4) is 0 Å². The maximum Gasteiger partial charge on any atom is 0.254 e. The van der Waals surface area contributed by atoms with Gasteiger partial charge in [0.05, 0.1) is 0 Å². The molecule has 4 aromatic rings. The third kappa shape index (κ3) is 7.30. The molecule has 220 valence electrons. The third-order valence-electron chi connectivity index (χ3n) is 7.68. The molecule has 7 heteroatoms. The summed E-state index contributed by atoms with van der Waals surface area (Å²) in [5.74, 6) is 0.701. The number of rotatable bonds is 10. The van der Waals surface area contributed by atoms with Crippen LogP contribution in [-0.2, 0) is 22.6 Å². The Morgan fingerprint density at radius 1 is 0.837 bits per heavy atom. The van der Waals surface area contributed by atoms with Gasteiger partial charge in [0.2, 0.25) is 11.8 Å². The van der Waals surface area contributed by atoms with E-state index in [1.165, 1.54) is 0 Å². The molecular formula is C36H37N3O4. The van der Waals surface area contributed by atoms with E-state index in [1.54, 1.807) is 53.1 Å². The van der Waals surface area contributed by atoms with Gasteiger partial charge in [-0.2, -0.15) is 0 Å². The zero-order valence-corrected chi connectivity index (χ0v) is 24.7. The Hall–Kier alpha value is -4.91. The minimum atomic E-state index is -0.705. The van der Waals surface area contributed by atoms with E-state index in [9.17, 15) is 14.4 Å². The number of carbonyl (C=O) groups excluding carboxylic acids is 3. The average Bonchev–Trinajstić information content (AvgIpc) is 3.03. The Morgan fingerprint density at radius 3 is 2.26 bits per heavy atom. The predicted molar refractivity (Wildman–Crippen MR) is 169 cm³/mol. The molecule has 1 atom stereocenters. The highest BCUT2D eigenvalue weighted by molar-refractivity contribution is 6.02. The molecule has 0 spiro atoms. The standard InChI is InChI=1S/C36H37N3O4/c1-3-4-10-22-38(26(2)40)31-20-18-30(19-21-31)37-35(41)34-24-27-12-8-9-13-29(27)25-39(34)36(42)28-14-11-17-33(23-28)43-32-15-6-5-7-16-32/h5-9,11-21,23,34H,3-4,10,22,24-25H2,1-2H3,(H,37,41)/t34-/m0/s1. The van der Waals surface area contributed by atoms with E-state index in [4.69, 9.17) is 4.74 Å². The molecule has 43 heavy (non-hydrogen) atoms. The Morgan fingerprint density at radius 2 is 1.53 bits per heavy atom. The number of ether oxygens (including phenoxy) is 1. The highest BCUT2D eigenvalue weighted by atomic mass is 16.5. The molecule has 0 aromatic heterocycles. The van der Waals surface area contributed by atoms with E-state index in [1.807, 2.05) is 66.7 Å². The topological polar surface area (TPSA) is 79.0 Å². The van der Waals surface area contributed by atoms with Gasteiger partial charge in [0.15, 0.2) is 0 Å². The Bertz CT molecular complexity index is 1570. The second-order valence-corrected chi connectivity index (χ2v) is 10.8. The van der Waals surface area contributed by atoms with Gasteiger partial charge in [-0.05, 0) is 72.1 Å². The smallest absolute Gasteiger partial charge is 0.254 e. The number of amides is 3. The van der Waals surface area contributed by atoms with Crippen molar-refractivity contribution < 1.29 is 19.1 Å². The van der Waals surface area contributed by atoms with Gasteiger partial charge in [-0.1, -0.05) is 68.3 Å². The lowest BCUT2D eigenvalue weighted by Gasteiger charge is -2.36. The number of benzene rings is 4. The lowest BCUT2D eigenvalue weighted by Crippen LogP contribution is -2.50. The summed E-state index contributed by atoms with van der Waals surface area (Å²) in [6, 6.07) is 31.0. The number of carbonyl (C=O) groups is 3. The molecule has 1 heterocycles. The number of unbranched alkanes of at least 4 members (excludes halogenated alkanes) is 2. The molecule has 0 saturated heterocycles. The van der Waals surface area contributed by atoms with Crippen LogP contribution in [0.5, 0.6) is 11.5 Å². The van der Waals surface area contributed by atoms with E-state index in [-0.39, 0.29) is 17.7 Å². The Kier molecular flexibility index (Phi) is 9.52. The molecule has 3 amide bonds. The van der Waals surface area contributed by atoms with Gasteiger partial charge in [0.25, 0.3) is 5.91 Å². The van der Waals surface area contributed by atoms with Gasteiger partial charge in [0.1, 0.15) is 17.5 Å². The number of hydrogen-bond donors (Lipinski definition) is 1. The van der Waals surface area contributed by atoms with Gasteiger partial charge in [-0.3, -0.25) is 14.4 Å². The fraction of sp³-hybridized carbons (Fsp3) is 0.250. The fourth-order valence-corrected chi connectivity index (χ4v) is 5.39. The van der Waals surface area contributed by atoms with Crippen molar-refractivity contribution >= 4 is 29.1 Å². The van der Waals surface area contributed by atoms with Crippen LogP contribution in [0.25, 0.3) is 0 Å². The van der Waals surface area contributed by atoms with Crippen LogP contribution in [0.2, 0.25) is 0 Å². The summed E-state index contributed by atoms with van der Waals surface area (Å²) >= 11 is 0. The quantitative estimate of drug-likeness (QED) is 0.202. The minimum absolute atomic E-state index is 0.0128. The van der Waals surface area contributed by atoms with Crippen molar-refractivity contribution in [2.24, 2.45) is 0 Å². The summed E-state index contributed by atoms with van der Waals surface area (Å²) in [7, 11) is 0. The molecule has 7 nitrogen and oxygen atoms in total. The Balaban J connectivity index is 1.35. The van der Waals surface area contributed by atoms with Crippen LogP contribution >= 0.6 is 0 Å². The second kappa shape index (κ2) is 13.8. The molecule has 4 aromatic carbocycles. The fourth-order valence-electron chi connectivity index (χ4n) is 5.39. The second-order valence-electron chi connectivity index (χ2n) is 10.8. The maximum absolute atomic E-state index is 13.9. The molecule has 0 fully saturated rings. The molecule has 0 unspecified atom stereocenters. The number of nitrogens with zero attached hydrogens (tertiary/aromatic N) is 2. The van der Waals surface area contributed by atoms with Gasteiger partial charge in [-0.25, -0.2) is 0 Å². The van der Waals surface area contributed by atoms with Crippen LogP contribution in [0.1, 0.15) is 54.6 Å². The molecule has 1 aliphatic rings. The van der Waals surface area contributed by atoms with Crippen LogP contribution in [-0.4, -0.2) is 35.2 Å². The predicted octanol–water partition coefficient (Wildman–Crippen LogP) is 7.23. The lowest BCUT2D eigenvalue weighted by atomic mass is 9.92. The minimum Gasteiger partial charge on any atom is -0.457 e. The zero-order valence-electron chi connectivity index (χ0n) is 24.7. The van der Waals surface area contributed by atoms with Gasteiger partial charge in [0, 0.05) is 43.4 Å². The average molecular weight is 576 g/mol. The zero-order chi connectivity index (χ0) is 30.2. The van der Waals surface area contributed by atoms with Crippen LogP contribution < -0.4 is 15.0 Å². The lowest BCUT2D eigenvalue weighted by molar-refractivity contribution is -0.121. The van der Waals surface area contributed by atoms with Gasteiger partial charge < -0.3 is 19.9 Å².